The number of rotatable bonds is 9. The van der Waals surface area contributed by atoms with E-state index in [1.165, 1.54) is 6.92 Å². The maximum Gasteiger partial charge on any atom is 0.344 e. The van der Waals surface area contributed by atoms with E-state index in [2.05, 4.69) is 5.32 Å². The fourth-order valence-electron chi connectivity index (χ4n) is 2.25. The lowest BCUT2D eigenvalue weighted by atomic mass is 10.2. The third-order valence-corrected chi connectivity index (χ3v) is 3.64. The molecule has 146 valence electrons. The van der Waals surface area contributed by atoms with Crippen LogP contribution in [0.5, 0.6) is 11.5 Å². The van der Waals surface area contributed by atoms with Gasteiger partial charge in [0.05, 0.1) is 17.9 Å². The molecule has 2 rings (SSSR count). The van der Waals surface area contributed by atoms with Crippen molar-refractivity contribution in [2.45, 2.75) is 26.4 Å². The van der Waals surface area contributed by atoms with E-state index in [9.17, 15) is 9.59 Å². The van der Waals surface area contributed by atoms with E-state index < -0.39 is 18.0 Å². The number of nitrogens with one attached hydrogen (secondary N) is 1. The van der Waals surface area contributed by atoms with E-state index in [1.54, 1.807) is 42.5 Å². The van der Waals surface area contributed by atoms with Crippen LogP contribution in [-0.2, 0) is 14.3 Å². The minimum atomic E-state index is -1.05. The van der Waals surface area contributed by atoms with Crippen LogP contribution >= 0.6 is 0 Å². The van der Waals surface area contributed by atoms with Crippen LogP contribution < -0.4 is 14.8 Å². The van der Waals surface area contributed by atoms with Crippen molar-refractivity contribution in [2.75, 3.05) is 18.5 Å². The SMILES string of the molecule is CCCOc1ccccc1OCC(=O)O[C@@H](C)C(=O)Nc1ccccc1C#N. The molecule has 1 amide bonds. The second-order valence-electron chi connectivity index (χ2n) is 5.86. The number of carbonyl (C=O) groups is 2. The van der Waals surface area contributed by atoms with Crippen molar-refractivity contribution in [1.82, 2.24) is 0 Å². The van der Waals surface area contributed by atoms with Crippen LogP contribution in [-0.4, -0.2) is 31.2 Å². The summed E-state index contributed by atoms with van der Waals surface area (Å²) in [6.45, 7) is 3.61. The van der Waals surface area contributed by atoms with Crippen molar-refractivity contribution in [3.05, 3.63) is 54.1 Å². The van der Waals surface area contributed by atoms with Gasteiger partial charge < -0.3 is 19.5 Å². The first-order chi connectivity index (χ1) is 13.5. The van der Waals surface area contributed by atoms with Gasteiger partial charge in [-0.25, -0.2) is 4.79 Å². The van der Waals surface area contributed by atoms with Gasteiger partial charge in [0.2, 0.25) is 0 Å². The summed E-state index contributed by atoms with van der Waals surface area (Å²) in [5.41, 5.74) is 0.678. The number of hydrogen-bond donors (Lipinski definition) is 1. The fourth-order valence-corrected chi connectivity index (χ4v) is 2.25. The van der Waals surface area contributed by atoms with Crippen LogP contribution in [0.25, 0.3) is 0 Å². The number of nitrogens with zero attached hydrogens (tertiary/aromatic N) is 1. The molecular weight excluding hydrogens is 360 g/mol. The number of para-hydroxylation sites is 3. The Kier molecular flexibility index (Phi) is 7.85. The molecule has 0 unspecified atom stereocenters. The lowest BCUT2D eigenvalue weighted by Gasteiger charge is -2.15. The molecule has 1 atom stereocenters. The van der Waals surface area contributed by atoms with Crippen molar-refractivity contribution < 1.29 is 23.8 Å². The number of hydrogen-bond acceptors (Lipinski definition) is 6. The second kappa shape index (κ2) is 10.6. The molecule has 7 nitrogen and oxygen atoms in total. The smallest absolute Gasteiger partial charge is 0.344 e. The molecule has 0 spiro atoms. The van der Waals surface area contributed by atoms with Gasteiger partial charge in [-0.3, -0.25) is 4.79 Å². The third-order valence-electron chi connectivity index (χ3n) is 3.64. The maximum atomic E-state index is 12.2. The number of anilines is 1. The van der Waals surface area contributed by atoms with E-state index in [-0.39, 0.29) is 6.61 Å². The van der Waals surface area contributed by atoms with E-state index >= 15 is 0 Å². The molecule has 0 aliphatic rings. The van der Waals surface area contributed by atoms with Crippen LogP contribution in [0.1, 0.15) is 25.8 Å². The van der Waals surface area contributed by atoms with Gasteiger partial charge in [-0.15, -0.1) is 0 Å². The Morgan fingerprint density at radius 1 is 1.07 bits per heavy atom. The zero-order chi connectivity index (χ0) is 20.4. The predicted molar refractivity (Wildman–Crippen MR) is 103 cm³/mol. The van der Waals surface area contributed by atoms with E-state index in [0.29, 0.717) is 29.4 Å². The lowest BCUT2D eigenvalue weighted by Crippen LogP contribution is -2.31. The summed E-state index contributed by atoms with van der Waals surface area (Å²) in [6.07, 6.45) is -0.202. The van der Waals surface area contributed by atoms with Crippen molar-refractivity contribution in [2.24, 2.45) is 0 Å². The second-order valence-corrected chi connectivity index (χ2v) is 5.86. The van der Waals surface area contributed by atoms with Gasteiger partial charge in [-0.05, 0) is 37.6 Å². The summed E-state index contributed by atoms with van der Waals surface area (Å²) in [7, 11) is 0. The van der Waals surface area contributed by atoms with Crippen LogP contribution in [0.3, 0.4) is 0 Å². The van der Waals surface area contributed by atoms with Gasteiger partial charge in [0.15, 0.2) is 24.2 Å². The lowest BCUT2D eigenvalue weighted by molar-refractivity contribution is -0.155. The number of benzene rings is 2. The summed E-state index contributed by atoms with van der Waals surface area (Å²) < 4.78 is 16.1. The average molecular weight is 382 g/mol. The molecule has 0 fully saturated rings. The molecule has 0 heterocycles. The van der Waals surface area contributed by atoms with Gasteiger partial charge in [-0.1, -0.05) is 31.2 Å². The summed E-state index contributed by atoms with van der Waals surface area (Å²) in [5, 5.41) is 11.6. The van der Waals surface area contributed by atoms with Gasteiger partial charge in [0.1, 0.15) is 6.07 Å². The van der Waals surface area contributed by atoms with E-state index in [1.807, 2.05) is 19.1 Å². The highest BCUT2D eigenvalue weighted by molar-refractivity contribution is 5.96. The summed E-state index contributed by atoms with van der Waals surface area (Å²) in [5.74, 6) is -0.270. The molecule has 0 aliphatic carbocycles. The third kappa shape index (κ3) is 6.02. The summed E-state index contributed by atoms with van der Waals surface area (Å²) in [6, 6.07) is 15.6. The number of ether oxygens (including phenoxy) is 3. The molecule has 28 heavy (non-hydrogen) atoms. The Morgan fingerprint density at radius 3 is 2.39 bits per heavy atom. The van der Waals surface area contributed by atoms with Gasteiger partial charge in [0.25, 0.3) is 5.91 Å². The summed E-state index contributed by atoms with van der Waals surface area (Å²) >= 11 is 0. The van der Waals surface area contributed by atoms with Crippen LogP contribution in [0.15, 0.2) is 48.5 Å². The maximum absolute atomic E-state index is 12.2. The first-order valence-corrected chi connectivity index (χ1v) is 8.89. The Hall–Kier alpha value is -3.53. The number of esters is 1. The molecular formula is C21H22N2O5. The number of carbonyl (C=O) groups excluding carboxylic acids is 2. The monoisotopic (exact) mass is 382 g/mol. The van der Waals surface area contributed by atoms with Crippen molar-refractivity contribution in [1.29, 1.82) is 5.26 Å². The Labute approximate surface area is 163 Å². The predicted octanol–water partition coefficient (Wildman–Crippen LogP) is 3.30. The highest BCUT2D eigenvalue weighted by Crippen LogP contribution is 2.26. The average Bonchev–Trinajstić information content (AvgIpc) is 2.71. The van der Waals surface area contributed by atoms with E-state index in [0.717, 1.165) is 6.42 Å². The first-order valence-electron chi connectivity index (χ1n) is 8.89. The molecule has 0 saturated heterocycles. The zero-order valence-electron chi connectivity index (χ0n) is 15.8. The first kappa shape index (κ1) is 20.8. The molecule has 2 aromatic rings. The highest BCUT2D eigenvalue weighted by Gasteiger charge is 2.19. The number of nitriles is 1. The fraction of sp³-hybridized carbons (Fsp3) is 0.286. The highest BCUT2D eigenvalue weighted by atomic mass is 16.6. The Morgan fingerprint density at radius 2 is 1.71 bits per heavy atom. The molecule has 0 bridgehead atoms. The van der Waals surface area contributed by atoms with Gasteiger partial charge in [0, 0.05) is 0 Å². The standard InChI is InChI=1S/C21H22N2O5/c1-3-12-26-18-10-6-7-11-19(18)27-14-20(24)28-15(2)21(25)23-17-9-5-4-8-16(17)13-22/h4-11,15H,3,12,14H2,1-2H3,(H,23,25)/t15-/m0/s1. The Bertz CT molecular complexity index is 860. The molecule has 1 N–H and O–H groups in total. The molecule has 7 heteroatoms. The molecule has 0 radical (unpaired) electrons. The van der Waals surface area contributed by atoms with Crippen LogP contribution in [0.2, 0.25) is 0 Å². The van der Waals surface area contributed by atoms with Crippen LogP contribution in [0.4, 0.5) is 5.69 Å². The zero-order valence-corrected chi connectivity index (χ0v) is 15.8. The van der Waals surface area contributed by atoms with Crippen LogP contribution in [0, 0.1) is 11.3 Å². The molecule has 0 aliphatic heterocycles. The number of amides is 1. The minimum Gasteiger partial charge on any atom is -0.490 e. The van der Waals surface area contributed by atoms with Crippen molar-refractivity contribution in [3.8, 4) is 17.6 Å². The molecule has 0 saturated carbocycles. The van der Waals surface area contributed by atoms with Gasteiger partial charge in [-0.2, -0.15) is 5.26 Å². The minimum absolute atomic E-state index is 0.321. The molecule has 0 aromatic heterocycles. The largest absolute Gasteiger partial charge is 0.490 e. The quantitative estimate of drug-likeness (QED) is 0.668. The van der Waals surface area contributed by atoms with Crippen molar-refractivity contribution in [3.63, 3.8) is 0 Å². The molecule has 2 aromatic carbocycles. The van der Waals surface area contributed by atoms with E-state index in [4.69, 9.17) is 19.5 Å². The summed E-state index contributed by atoms with van der Waals surface area (Å²) in [4.78, 5) is 24.2. The van der Waals surface area contributed by atoms with Gasteiger partial charge >= 0.3 is 5.97 Å². The topological polar surface area (TPSA) is 97.7 Å². The van der Waals surface area contributed by atoms with Crippen molar-refractivity contribution >= 4 is 17.6 Å². The Balaban J connectivity index is 1.87. The normalized spacial score (nSPS) is 11.0.